The molecule has 0 atom stereocenters. The van der Waals surface area contributed by atoms with Crippen molar-refractivity contribution in [2.75, 3.05) is 7.11 Å². The maximum atomic E-state index is 12.1. The molecule has 0 saturated carbocycles. The maximum absolute atomic E-state index is 12.1. The van der Waals surface area contributed by atoms with Crippen LogP contribution >= 0.6 is 23.4 Å². The molecule has 0 amide bonds. The average molecular weight is 372 g/mol. The lowest BCUT2D eigenvalue weighted by Crippen LogP contribution is -2.10. The summed E-state index contributed by atoms with van der Waals surface area (Å²) in [7, 11) is 1.27. The van der Waals surface area contributed by atoms with Gasteiger partial charge in [-0.2, -0.15) is 0 Å². The van der Waals surface area contributed by atoms with Gasteiger partial charge >= 0.3 is 5.97 Å². The van der Waals surface area contributed by atoms with Crippen LogP contribution in [0.1, 0.15) is 5.56 Å². The van der Waals surface area contributed by atoms with Crippen LogP contribution < -0.4 is 0 Å². The molecule has 0 saturated heterocycles. The van der Waals surface area contributed by atoms with Gasteiger partial charge in [0.05, 0.1) is 17.7 Å². The number of carbonyl (C=O) groups excluding carboxylic acids is 1. The molecular weight excluding hydrogens is 358 g/mol. The van der Waals surface area contributed by atoms with Crippen molar-refractivity contribution in [2.24, 2.45) is 4.99 Å². The molecule has 1 N–H and O–H groups in total. The molecule has 0 radical (unpaired) electrons. The number of rotatable bonds is 3. The van der Waals surface area contributed by atoms with Crippen LogP contribution in [0.4, 0.5) is 5.69 Å². The molecule has 25 heavy (non-hydrogen) atoms. The summed E-state index contributed by atoms with van der Waals surface area (Å²) in [5.74, 6) is -0.798. The number of nitrogens with zero attached hydrogens (tertiary/aromatic N) is 1. The largest absolute Gasteiger partial charge is 0.506 e. The Kier molecular flexibility index (Phi) is 5.26. The Bertz CT molecular complexity index is 904. The predicted octanol–water partition coefficient (Wildman–Crippen LogP) is 5.14. The van der Waals surface area contributed by atoms with Gasteiger partial charge in [-0.3, -0.25) is 0 Å². The summed E-state index contributed by atoms with van der Waals surface area (Å²) in [5, 5.41) is 11.5. The summed E-state index contributed by atoms with van der Waals surface area (Å²) >= 11 is 7.37. The van der Waals surface area contributed by atoms with Crippen molar-refractivity contribution in [2.45, 2.75) is 0 Å². The van der Waals surface area contributed by atoms with Gasteiger partial charge in [0.15, 0.2) is 0 Å². The number of aliphatic hydroxyl groups excluding tert-OH is 1. The number of hydrogen-bond acceptors (Lipinski definition) is 5. The molecule has 0 spiro atoms. The second kappa shape index (κ2) is 7.59. The Morgan fingerprint density at radius 3 is 2.52 bits per heavy atom. The quantitative estimate of drug-likeness (QED) is 0.758. The molecule has 3 rings (SSSR count). The van der Waals surface area contributed by atoms with E-state index >= 15 is 0 Å². The summed E-state index contributed by atoms with van der Waals surface area (Å²) in [6.07, 6.45) is 1.72. The summed E-state index contributed by atoms with van der Waals surface area (Å²) in [4.78, 5) is 17.1. The van der Waals surface area contributed by atoms with Crippen LogP contribution in [-0.4, -0.2) is 23.2 Å². The molecular formula is C19H14ClNO3S. The molecule has 0 bridgehead atoms. The third kappa shape index (κ3) is 3.78. The van der Waals surface area contributed by atoms with E-state index in [1.807, 2.05) is 48.5 Å². The van der Waals surface area contributed by atoms with Crippen molar-refractivity contribution in [3.05, 3.63) is 81.4 Å². The van der Waals surface area contributed by atoms with Gasteiger partial charge in [-0.05, 0) is 29.8 Å². The fourth-order valence-corrected chi connectivity index (χ4v) is 3.46. The first kappa shape index (κ1) is 17.3. The molecule has 1 aliphatic heterocycles. The number of hydrogen-bond donors (Lipinski definition) is 1. The number of ether oxygens (including phenoxy) is 1. The zero-order valence-corrected chi connectivity index (χ0v) is 14.8. The van der Waals surface area contributed by atoms with Crippen LogP contribution in [0.2, 0.25) is 5.02 Å². The highest BCUT2D eigenvalue weighted by Gasteiger charge is 2.33. The van der Waals surface area contributed by atoms with Crippen LogP contribution in [-0.2, 0) is 9.53 Å². The molecule has 0 fully saturated rings. The molecule has 126 valence electrons. The number of halogens is 1. The van der Waals surface area contributed by atoms with Gasteiger partial charge in [0, 0.05) is 5.02 Å². The van der Waals surface area contributed by atoms with E-state index in [1.54, 1.807) is 12.1 Å². The fraction of sp³-hybridized carbons (Fsp3) is 0.0526. The van der Waals surface area contributed by atoms with Crippen LogP contribution in [0.5, 0.6) is 0 Å². The van der Waals surface area contributed by atoms with E-state index in [1.165, 1.54) is 18.9 Å². The van der Waals surface area contributed by atoms with Gasteiger partial charge in [0.1, 0.15) is 16.4 Å². The predicted molar refractivity (Wildman–Crippen MR) is 102 cm³/mol. The number of carbonyl (C=O) groups is 1. The third-order valence-corrected chi connectivity index (χ3v) is 4.82. The molecule has 2 aromatic rings. The average Bonchev–Trinajstić information content (AvgIpc) is 2.92. The number of esters is 1. The number of methoxy groups -OCH3 is 1. The van der Waals surface area contributed by atoms with Gasteiger partial charge in [0.25, 0.3) is 0 Å². The lowest BCUT2D eigenvalue weighted by molar-refractivity contribution is -0.135. The number of aliphatic imine (C=N–C) groups is 1. The molecule has 0 aliphatic carbocycles. The van der Waals surface area contributed by atoms with Crippen LogP contribution in [0.3, 0.4) is 0 Å². The number of para-hydroxylation sites is 1. The molecule has 0 unspecified atom stereocenters. The maximum Gasteiger partial charge on any atom is 0.344 e. The van der Waals surface area contributed by atoms with Crippen molar-refractivity contribution in [3.63, 3.8) is 0 Å². The zero-order valence-electron chi connectivity index (χ0n) is 13.3. The van der Waals surface area contributed by atoms with Crippen molar-refractivity contribution >= 4 is 46.1 Å². The Morgan fingerprint density at radius 2 is 1.84 bits per heavy atom. The van der Waals surface area contributed by atoms with Crippen LogP contribution in [0, 0.1) is 0 Å². The monoisotopic (exact) mass is 371 g/mol. The zero-order chi connectivity index (χ0) is 17.8. The van der Waals surface area contributed by atoms with Gasteiger partial charge in [-0.1, -0.05) is 59.8 Å². The van der Waals surface area contributed by atoms with Gasteiger partial charge in [0.2, 0.25) is 0 Å². The first-order valence-corrected chi connectivity index (χ1v) is 8.59. The Balaban J connectivity index is 2.07. The van der Waals surface area contributed by atoms with Crippen molar-refractivity contribution in [1.82, 2.24) is 0 Å². The van der Waals surface area contributed by atoms with Crippen molar-refractivity contribution < 1.29 is 14.6 Å². The van der Waals surface area contributed by atoms with Crippen LogP contribution in [0.25, 0.3) is 6.08 Å². The topological polar surface area (TPSA) is 58.9 Å². The minimum Gasteiger partial charge on any atom is -0.506 e. The van der Waals surface area contributed by atoms with Gasteiger partial charge in [-0.15, -0.1) is 0 Å². The smallest absolute Gasteiger partial charge is 0.344 e. The van der Waals surface area contributed by atoms with E-state index in [0.29, 0.717) is 20.7 Å². The normalized spacial score (nSPS) is 17.4. The molecule has 0 aromatic heterocycles. The molecule has 1 aliphatic rings. The Labute approximate surface area is 154 Å². The lowest BCUT2D eigenvalue weighted by Gasteiger charge is -2.01. The Morgan fingerprint density at radius 1 is 1.16 bits per heavy atom. The number of aliphatic hydroxyl groups is 1. The van der Waals surface area contributed by atoms with Crippen molar-refractivity contribution in [1.29, 1.82) is 0 Å². The highest BCUT2D eigenvalue weighted by Crippen LogP contribution is 2.40. The first-order chi connectivity index (χ1) is 12.1. The summed E-state index contributed by atoms with van der Waals surface area (Å²) in [6, 6.07) is 16.5. The third-order valence-electron chi connectivity index (χ3n) is 3.46. The Hall–Kier alpha value is -2.50. The molecule has 6 heteroatoms. The number of benzene rings is 2. The lowest BCUT2D eigenvalue weighted by atomic mass is 10.1. The summed E-state index contributed by atoms with van der Waals surface area (Å²) in [5.41, 5.74) is 1.47. The fourth-order valence-electron chi connectivity index (χ4n) is 2.24. The van der Waals surface area contributed by atoms with Gasteiger partial charge < -0.3 is 9.84 Å². The minimum atomic E-state index is -0.637. The van der Waals surface area contributed by atoms with Crippen molar-refractivity contribution in [3.8, 4) is 0 Å². The number of thioether (sulfide) groups is 1. The standard InChI is InChI=1S/C19H14ClNO3S/c1-24-19(23)16-17(22)15(11-12-7-5-6-10-14(12)20)25-18(16)21-13-8-3-2-4-9-13/h2-11,22H,1H3/b15-11+,21-18?. The van der Waals surface area contributed by atoms with E-state index in [-0.39, 0.29) is 11.3 Å². The molecule has 1 heterocycles. The van der Waals surface area contributed by atoms with E-state index in [0.717, 1.165) is 5.56 Å². The first-order valence-electron chi connectivity index (χ1n) is 7.40. The highest BCUT2D eigenvalue weighted by atomic mass is 35.5. The van der Waals surface area contributed by atoms with E-state index in [2.05, 4.69) is 4.99 Å². The SMILES string of the molecule is COC(=O)C1=C(O)/C(=C\c2ccccc2Cl)SC1=Nc1ccccc1. The molecule has 2 aromatic carbocycles. The second-order valence-corrected chi connectivity index (χ2v) is 6.54. The second-order valence-electron chi connectivity index (χ2n) is 5.10. The van der Waals surface area contributed by atoms with Crippen LogP contribution in [0.15, 0.2) is 75.8 Å². The van der Waals surface area contributed by atoms with E-state index in [4.69, 9.17) is 16.3 Å². The minimum absolute atomic E-state index is 0.0506. The van der Waals surface area contributed by atoms with Gasteiger partial charge in [-0.25, -0.2) is 9.79 Å². The highest BCUT2D eigenvalue weighted by molar-refractivity contribution is 8.18. The van der Waals surface area contributed by atoms with E-state index < -0.39 is 5.97 Å². The summed E-state index contributed by atoms with van der Waals surface area (Å²) < 4.78 is 4.79. The molecule has 4 nitrogen and oxygen atoms in total. The summed E-state index contributed by atoms with van der Waals surface area (Å²) in [6.45, 7) is 0. The van der Waals surface area contributed by atoms with E-state index in [9.17, 15) is 9.90 Å².